The summed E-state index contributed by atoms with van der Waals surface area (Å²) in [5, 5.41) is 32.0. The molecule has 0 atom stereocenters. The van der Waals surface area contributed by atoms with Crippen molar-refractivity contribution in [2.45, 2.75) is 21.6 Å². The second-order valence-corrected chi connectivity index (χ2v) is 18.2. The van der Waals surface area contributed by atoms with Gasteiger partial charge in [-0.05, 0) is 36.8 Å². The highest BCUT2D eigenvalue weighted by Gasteiger charge is 2.25. The third-order valence-electron chi connectivity index (χ3n) is 6.27. The molecule has 0 aliphatic rings. The number of nitro groups is 2. The van der Waals surface area contributed by atoms with Crippen LogP contribution < -0.4 is 0 Å². The van der Waals surface area contributed by atoms with E-state index in [1.165, 1.54) is 43.5 Å². The summed E-state index contributed by atoms with van der Waals surface area (Å²) >= 11 is 0. The zero-order valence-corrected chi connectivity index (χ0v) is 35.5. The molecule has 1 N–H and O–H groups in total. The summed E-state index contributed by atoms with van der Waals surface area (Å²) in [6, 6.07) is 16.4. The first kappa shape index (κ1) is 54.1. The van der Waals surface area contributed by atoms with Gasteiger partial charge in [0.2, 0.25) is 19.7 Å². The van der Waals surface area contributed by atoms with Gasteiger partial charge in [0.05, 0.1) is 36.1 Å². The Morgan fingerprint density at radius 3 is 1.34 bits per heavy atom. The molecule has 0 spiro atoms. The van der Waals surface area contributed by atoms with E-state index in [0.717, 1.165) is 50.2 Å². The smallest absolute Gasteiger partial charge is 0.331 e. The molecule has 61 heavy (non-hydrogen) atoms. The second kappa shape index (κ2) is 24.9. The summed E-state index contributed by atoms with van der Waals surface area (Å²) in [4.78, 5) is 61.2. The molecular weight excluding hydrogens is 897 g/mol. The van der Waals surface area contributed by atoms with Crippen molar-refractivity contribution in [3.05, 3.63) is 145 Å². The Labute approximate surface area is 349 Å². The van der Waals surface area contributed by atoms with E-state index in [-0.39, 0.29) is 4.90 Å². The first-order valence-electron chi connectivity index (χ1n) is 15.8. The van der Waals surface area contributed by atoms with Crippen molar-refractivity contribution in [1.82, 2.24) is 0 Å². The Balaban J connectivity index is 0.000000811. The van der Waals surface area contributed by atoms with Crippen LogP contribution in [0.25, 0.3) is 0 Å². The van der Waals surface area contributed by atoms with Crippen LogP contribution in [0.1, 0.15) is 5.56 Å². The standard InChI is InChI=1S/C11H11NO6S.C10H9NO6S.C10H10O4S.C4H6O4S/c1-8-3-4-9(12(14)15)10(7-8)19(16,17)6-5-11(13)18-2;1-17-10(12)6-7-18(15,16)9-5-3-2-4-8(9)11(13)14;1-14-10(11)7-8-15(12,13)9-5-3-2-4-6-9;1-9(7,8)3-2-4(5)6/h3-7H,1-2H3;2-7H,1H3;2-8H,1H3;2-3H,1H3,(H,5,6)/b6-5+;7-6+;8-7+;3-2+. The molecule has 26 heteroatoms. The number of carbonyl (C=O) groups excluding carboxylic acids is 3. The molecule has 22 nitrogen and oxygen atoms in total. The number of sulfone groups is 4. The molecular formula is C35H36N2O20S4. The lowest BCUT2D eigenvalue weighted by atomic mass is 10.2. The number of nitrogens with zero attached hydrogens (tertiary/aromatic N) is 2. The van der Waals surface area contributed by atoms with Gasteiger partial charge in [0.25, 0.3) is 11.4 Å². The van der Waals surface area contributed by atoms with Crippen molar-refractivity contribution in [2.75, 3.05) is 27.6 Å². The van der Waals surface area contributed by atoms with E-state index < -0.39 is 94.2 Å². The van der Waals surface area contributed by atoms with Crippen molar-refractivity contribution in [1.29, 1.82) is 0 Å². The SMILES string of the molecule is COC(=O)/C=C/S(=O)(=O)c1cc(C)ccc1[N+](=O)[O-].COC(=O)/C=C/S(=O)(=O)c1ccccc1.COC(=O)/C=C/S(=O)(=O)c1ccccc1[N+](=O)[O-].CS(=O)(=O)/C=C/C(=O)O. The van der Waals surface area contributed by atoms with Gasteiger partial charge in [-0.25, -0.2) is 52.8 Å². The van der Waals surface area contributed by atoms with Crippen LogP contribution in [0.15, 0.2) is 133 Å². The van der Waals surface area contributed by atoms with Gasteiger partial charge in [-0.2, -0.15) is 0 Å². The van der Waals surface area contributed by atoms with Crippen LogP contribution in [-0.4, -0.2) is 100 Å². The van der Waals surface area contributed by atoms with E-state index in [1.54, 1.807) is 25.1 Å². The first-order chi connectivity index (χ1) is 28.1. The lowest BCUT2D eigenvalue weighted by Gasteiger charge is -2.02. The second-order valence-electron chi connectivity index (χ2n) is 10.8. The molecule has 0 heterocycles. The lowest BCUT2D eigenvalue weighted by Crippen LogP contribution is -2.04. The minimum atomic E-state index is -4.09. The molecule has 0 fully saturated rings. The van der Waals surface area contributed by atoms with Crippen molar-refractivity contribution in [3.8, 4) is 0 Å². The number of nitro benzene ring substituents is 2. The quantitative estimate of drug-likeness (QED) is 0.0845. The zero-order chi connectivity index (χ0) is 47.2. The predicted molar refractivity (Wildman–Crippen MR) is 214 cm³/mol. The Bertz CT molecular complexity index is 2650. The fourth-order valence-corrected chi connectivity index (χ4v) is 7.21. The van der Waals surface area contributed by atoms with Gasteiger partial charge >= 0.3 is 23.9 Å². The number of ether oxygens (including phenoxy) is 3. The molecule has 330 valence electrons. The zero-order valence-electron chi connectivity index (χ0n) is 32.3. The Hall–Kier alpha value is -6.90. The number of benzene rings is 3. The third-order valence-corrected chi connectivity index (χ3v) is 11.2. The molecule has 0 saturated heterocycles. The average molecular weight is 933 g/mol. The minimum absolute atomic E-state index is 0.144. The summed E-state index contributed by atoms with van der Waals surface area (Å²) < 4.78 is 104. The molecule has 0 aromatic heterocycles. The van der Waals surface area contributed by atoms with E-state index in [0.29, 0.717) is 40.0 Å². The Morgan fingerprint density at radius 2 is 0.951 bits per heavy atom. The number of hydrogen-bond donors (Lipinski definition) is 1. The summed E-state index contributed by atoms with van der Waals surface area (Å²) in [7, 11) is -11.6. The predicted octanol–water partition coefficient (Wildman–Crippen LogP) is 3.20. The topological polar surface area (TPSA) is 339 Å². The van der Waals surface area contributed by atoms with Crippen LogP contribution in [0.5, 0.6) is 0 Å². The maximum atomic E-state index is 11.9. The average Bonchev–Trinajstić information content (AvgIpc) is 3.21. The molecule has 0 aliphatic heterocycles. The molecule has 0 unspecified atom stereocenters. The minimum Gasteiger partial charge on any atom is -0.478 e. The van der Waals surface area contributed by atoms with Crippen molar-refractivity contribution in [2.24, 2.45) is 0 Å². The van der Waals surface area contributed by atoms with Gasteiger partial charge in [-0.3, -0.25) is 20.2 Å². The van der Waals surface area contributed by atoms with E-state index in [2.05, 4.69) is 14.2 Å². The molecule has 0 aliphatic carbocycles. The number of aryl methyl sites for hydroxylation is 1. The largest absolute Gasteiger partial charge is 0.478 e. The van der Waals surface area contributed by atoms with Gasteiger partial charge < -0.3 is 19.3 Å². The number of hydrogen-bond acceptors (Lipinski definition) is 19. The van der Waals surface area contributed by atoms with Crippen LogP contribution in [0.4, 0.5) is 11.4 Å². The van der Waals surface area contributed by atoms with Crippen molar-refractivity contribution >= 4 is 74.6 Å². The number of carboxylic acids is 1. The summed E-state index contributed by atoms with van der Waals surface area (Å²) in [6.45, 7) is 1.60. The van der Waals surface area contributed by atoms with Crippen LogP contribution in [0, 0.1) is 27.2 Å². The van der Waals surface area contributed by atoms with E-state index >= 15 is 0 Å². The summed E-state index contributed by atoms with van der Waals surface area (Å²) in [5.41, 5.74) is -0.539. The molecule has 0 saturated carbocycles. The Morgan fingerprint density at radius 1 is 0.557 bits per heavy atom. The normalized spacial score (nSPS) is 11.6. The van der Waals surface area contributed by atoms with E-state index in [1.807, 2.05) is 0 Å². The maximum absolute atomic E-state index is 11.9. The van der Waals surface area contributed by atoms with E-state index in [4.69, 9.17) is 5.11 Å². The number of para-hydroxylation sites is 1. The maximum Gasteiger partial charge on any atom is 0.331 e. The Kier molecular flexibility index (Phi) is 22.1. The molecule has 3 rings (SSSR count). The highest BCUT2D eigenvalue weighted by atomic mass is 32.2. The van der Waals surface area contributed by atoms with Gasteiger partial charge in [-0.1, -0.05) is 36.4 Å². The molecule has 0 radical (unpaired) electrons. The van der Waals surface area contributed by atoms with Crippen LogP contribution in [0.2, 0.25) is 0 Å². The number of aliphatic carboxylic acids is 1. The van der Waals surface area contributed by atoms with Gasteiger partial charge in [0.1, 0.15) is 9.79 Å². The van der Waals surface area contributed by atoms with Crippen molar-refractivity contribution < 1.29 is 82.0 Å². The summed E-state index contributed by atoms with van der Waals surface area (Å²) in [5.74, 6) is -3.69. The van der Waals surface area contributed by atoms with Crippen LogP contribution in [-0.2, 0) is 72.7 Å². The highest BCUT2D eigenvalue weighted by Crippen LogP contribution is 2.27. The number of esters is 3. The van der Waals surface area contributed by atoms with Crippen LogP contribution >= 0.6 is 0 Å². The van der Waals surface area contributed by atoms with Gasteiger partial charge in [-0.15, -0.1) is 0 Å². The number of carbonyl (C=O) groups is 4. The van der Waals surface area contributed by atoms with Crippen molar-refractivity contribution in [3.63, 3.8) is 0 Å². The summed E-state index contributed by atoms with van der Waals surface area (Å²) in [6.07, 6.45) is 3.76. The molecule has 0 amide bonds. The van der Waals surface area contributed by atoms with Gasteiger partial charge in [0.15, 0.2) is 19.7 Å². The molecule has 0 bridgehead atoms. The monoisotopic (exact) mass is 932 g/mol. The molecule has 3 aromatic rings. The first-order valence-corrected chi connectivity index (χ1v) is 22.4. The fraction of sp³-hybridized carbons (Fsp3) is 0.143. The number of methoxy groups -OCH3 is 3. The fourth-order valence-electron chi connectivity index (χ4n) is 3.51. The highest BCUT2D eigenvalue weighted by molar-refractivity contribution is 7.95. The lowest BCUT2D eigenvalue weighted by molar-refractivity contribution is -0.388. The number of carboxylic acid groups (broad SMARTS) is 1. The third kappa shape index (κ3) is 21.1. The van der Waals surface area contributed by atoms with Crippen LogP contribution in [0.3, 0.4) is 0 Å². The number of rotatable bonds is 13. The van der Waals surface area contributed by atoms with Gasteiger partial charge in [0, 0.05) is 64.3 Å². The molecule has 3 aromatic carbocycles. The van der Waals surface area contributed by atoms with E-state index in [9.17, 15) is 73.1 Å².